The van der Waals surface area contributed by atoms with Crippen LogP contribution in [0.25, 0.3) is 11.4 Å². The highest BCUT2D eigenvalue weighted by atomic mass is 32.2. The van der Waals surface area contributed by atoms with E-state index in [4.69, 9.17) is 9.97 Å². The van der Waals surface area contributed by atoms with Crippen LogP contribution in [0.15, 0.2) is 65.6 Å². The summed E-state index contributed by atoms with van der Waals surface area (Å²) in [7, 11) is 2.05. The van der Waals surface area contributed by atoms with E-state index in [-0.39, 0.29) is 5.91 Å². The van der Waals surface area contributed by atoms with Crippen molar-refractivity contribution in [1.82, 2.24) is 14.9 Å². The van der Waals surface area contributed by atoms with Crippen molar-refractivity contribution in [1.29, 1.82) is 0 Å². The molecule has 3 aromatic rings. The lowest BCUT2D eigenvalue weighted by molar-refractivity contribution is -0.129. The van der Waals surface area contributed by atoms with E-state index < -0.39 is 0 Å². The van der Waals surface area contributed by atoms with E-state index in [9.17, 15) is 4.79 Å². The lowest BCUT2D eigenvalue weighted by Gasteiger charge is -2.31. The van der Waals surface area contributed by atoms with Crippen molar-refractivity contribution in [3.05, 3.63) is 71.9 Å². The molecule has 1 amide bonds. The molecule has 0 unspecified atom stereocenters. The van der Waals surface area contributed by atoms with Crippen LogP contribution in [-0.2, 0) is 17.8 Å². The van der Waals surface area contributed by atoms with Crippen LogP contribution in [0.2, 0.25) is 0 Å². The minimum atomic E-state index is 0.159. The Morgan fingerprint density at radius 3 is 2.47 bits per heavy atom. The molecule has 154 valence electrons. The van der Waals surface area contributed by atoms with Crippen molar-refractivity contribution < 1.29 is 4.79 Å². The number of hydrogen-bond donors (Lipinski definition) is 0. The number of aromatic nitrogens is 2. The van der Waals surface area contributed by atoms with Gasteiger partial charge in [-0.2, -0.15) is 0 Å². The first kappa shape index (κ1) is 20.4. The Hall–Kier alpha value is -2.86. The predicted molar refractivity (Wildman–Crippen MR) is 123 cm³/mol. The minimum Gasteiger partial charge on any atom is -0.360 e. The molecule has 0 atom stereocenters. The maximum atomic E-state index is 12.9. The molecule has 0 fully saturated rings. The zero-order valence-electron chi connectivity index (χ0n) is 17.4. The van der Waals surface area contributed by atoms with Gasteiger partial charge >= 0.3 is 0 Å². The number of carbonyl (C=O) groups is 1. The highest BCUT2D eigenvalue weighted by Crippen LogP contribution is 2.29. The smallest absolute Gasteiger partial charge is 0.233 e. The highest BCUT2D eigenvalue weighted by molar-refractivity contribution is 8.00. The first-order valence-corrected chi connectivity index (χ1v) is 11.3. The maximum Gasteiger partial charge on any atom is 0.233 e. The summed E-state index contributed by atoms with van der Waals surface area (Å²) in [5, 5.41) is 0. The molecule has 0 aliphatic carbocycles. The van der Waals surface area contributed by atoms with E-state index in [2.05, 4.69) is 11.8 Å². The van der Waals surface area contributed by atoms with Crippen molar-refractivity contribution in [2.75, 3.05) is 30.8 Å². The van der Waals surface area contributed by atoms with Crippen LogP contribution in [0.1, 0.15) is 18.2 Å². The van der Waals surface area contributed by atoms with E-state index >= 15 is 0 Å². The van der Waals surface area contributed by atoms with Gasteiger partial charge in [0.2, 0.25) is 5.91 Å². The molecule has 0 saturated heterocycles. The first-order chi connectivity index (χ1) is 14.7. The number of rotatable bonds is 6. The first-order valence-electron chi connectivity index (χ1n) is 10.3. The van der Waals surface area contributed by atoms with Gasteiger partial charge in [0.1, 0.15) is 5.82 Å². The summed E-state index contributed by atoms with van der Waals surface area (Å²) in [6, 6.07) is 20.2. The summed E-state index contributed by atoms with van der Waals surface area (Å²) >= 11 is 1.59. The summed E-state index contributed by atoms with van der Waals surface area (Å²) in [6.45, 7) is 4.22. The van der Waals surface area contributed by atoms with Crippen molar-refractivity contribution in [2.24, 2.45) is 0 Å². The zero-order valence-corrected chi connectivity index (χ0v) is 18.2. The number of carbonyl (C=O) groups excluding carboxylic acids is 1. The van der Waals surface area contributed by atoms with Gasteiger partial charge in [0.05, 0.1) is 18.0 Å². The normalized spacial score (nSPS) is 13.1. The summed E-state index contributed by atoms with van der Waals surface area (Å²) in [4.78, 5) is 27.8. The third-order valence-electron chi connectivity index (χ3n) is 5.36. The van der Waals surface area contributed by atoms with Gasteiger partial charge in [-0.1, -0.05) is 48.5 Å². The predicted octanol–water partition coefficient (Wildman–Crippen LogP) is 4.28. The standard InChI is InChI=1S/C24H26N4OS/c1-3-27(2)24-20-16-28(22(29)17-30-19-12-8-5-9-13-19)15-14-21(20)25-23(26-24)18-10-6-4-7-11-18/h4-13H,3,14-17H2,1-2H3. The summed E-state index contributed by atoms with van der Waals surface area (Å²) < 4.78 is 0. The third kappa shape index (κ3) is 4.49. The van der Waals surface area contributed by atoms with Crippen LogP contribution < -0.4 is 4.90 Å². The summed E-state index contributed by atoms with van der Waals surface area (Å²) in [6.07, 6.45) is 0.754. The Morgan fingerprint density at radius 2 is 1.77 bits per heavy atom. The molecular formula is C24H26N4OS. The van der Waals surface area contributed by atoms with E-state index in [0.717, 1.165) is 46.3 Å². The fraction of sp³-hybridized carbons (Fsp3) is 0.292. The molecule has 2 heterocycles. The molecule has 0 radical (unpaired) electrons. The number of amides is 1. The van der Waals surface area contributed by atoms with Crippen molar-refractivity contribution >= 4 is 23.5 Å². The number of anilines is 1. The number of thioether (sulfide) groups is 1. The van der Waals surface area contributed by atoms with Crippen LogP contribution >= 0.6 is 11.8 Å². The van der Waals surface area contributed by atoms with Gasteiger partial charge in [0.25, 0.3) is 0 Å². The molecule has 6 heteroatoms. The molecule has 0 N–H and O–H groups in total. The van der Waals surface area contributed by atoms with Crippen LogP contribution in [0, 0.1) is 0 Å². The molecule has 1 aliphatic rings. The monoisotopic (exact) mass is 418 g/mol. The van der Waals surface area contributed by atoms with E-state index in [1.54, 1.807) is 11.8 Å². The molecule has 0 bridgehead atoms. The van der Waals surface area contributed by atoms with Crippen LogP contribution in [0.3, 0.4) is 0 Å². The molecule has 30 heavy (non-hydrogen) atoms. The maximum absolute atomic E-state index is 12.9. The Kier molecular flexibility index (Phi) is 6.33. The van der Waals surface area contributed by atoms with Gasteiger partial charge < -0.3 is 9.80 Å². The van der Waals surface area contributed by atoms with Crippen LogP contribution in [0.5, 0.6) is 0 Å². The minimum absolute atomic E-state index is 0.159. The Morgan fingerprint density at radius 1 is 1.07 bits per heavy atom. The second-order valence-electron chi connectivity index (χ2n) is 7.34. The fourth-order valence-corrected chi connectivity index (χ4v) is 4.37. The molecule has 2 aromatic carbocycles. The van der Waals surface area contributed by atoms with Crippen LogP contribution in [0.4, 0.5) is 5.82 Å². The van der Waals surface area contributed by atoms with Gasteiger partial charge in [0, 0.05) is 42.6 Å². The van der Waals surface area contributed by atoms with E-state index in [1.165, 1.54) is 0 Å². The van der Waals surface area contributed by atoms with Crippen molar-refractivity contribution in [3.63, 3.8) is 0 Å². The average Bonchev–Trinajstić information content (AvgIpc) is 2.82. The lowest BCUT2D eigenvalue weighted by Crippen LogP contribution is -2.38. The Labute approximate surface area is 182 Å². The van der Waals surface area contributed by atoms with E-state index in [0.29, 0.717) is 18.8 Å². The molecule has 5 nitrogen and oxygen atoms in total. The molecule has 0 spiro atoms. The quantitative estimate of drug-likeness (QED) is 0.560. The molecule has 1 aliphatic heterocycles. The van der Waals surface area contributed by atoms with Gasteiger partial charge in [-0.3, -0.25) is 4.79 Å². The van der Waals surface area contributed by atoms with E-state index in [1.807, 2.05) is 72.6 Å². The largest absolute Gasteiger partial charge is 0.360 e. The van der Waals surface area contributed by atoms with Gasteiger partial charge in [-0.15, -0.1) is 11.8 Å². The average molecular weight is 419 g/mol. The fourth-order valence-electron chi connectivity index (χ4n) is 3.54. The highest BCUT2D eigenvalue weighted by Gasteiger charge is 2.26. The molecular weight excluding hydrogens is 392 g/mol. The van der Waals surface area contributed by atoms with Gasteiger partial charge in [-0.05, 0) is 19.1 Å². The van der Waals surface area contributed by atoms with Gasteiger partial charge in [-0.25, -0.2) is 9.97 Å². The number of hydrogen-bond acceptors (Lipinski definition) is 5. The van der Waals surface area contributed by atoms with Crippen LogP contribution in [-0.4, -0.2) is 46.7 Å². The Balaban J connectivity index is 1.56. The number of benzene rings is 2. The molecule has 4 rings (SSSR count). The van der Waals surface area contributed by atoms with Crippen molar-refractivity contribution in [2.45, 2.75) is 24.8 Å². The SMILES string of the molecule is CCN(C)c1nc(-c2ccccc2)nc2c1CN(C(=O)CSc1ccccc1)CC2. The number of fused-ring (bicyclic) bond motifs is 1. The topological polar surface area (TPSA) is 49.3 Å². The second kappa shape index (κ2) is 9.30. The third-order valence-corrected chi connectivity index (χ3v) is 6.36. The number of nitrogens with zero attached hydrogens (tertiary/aromatic N) is 4. The summed E-state index contributed by atoms with van der Waals surface area (Å²) in [5.74, 6) is 2.28. The van der Waals surface area contributed by atoms with Gasteiger partial charge in [0.15, 0.2) is 5.82 Å². The molecule has 0 saturated carbocycles. The summed E-state index contributed by atoms with van der Waals surface area (Å²) in [5.41, 5.74) is 3.14. The Bertz CT molecular complexity index is 1010. The lowest BCUT2D eigenvalue weighted by atomic mass is 10.0. The van der Waals surface area contributed by atoms with Crippen molar-refractivity contribution in [3.8, 4) is 11.4 Å². The second-order valence-corrected chi connectivity index (χ2v) is 8.39. The molecule has 1 aromatic heterocycles. The zero-order chi connectivity index (χ0) is 20.9.